The number of ether oxygens (including phenoxy) is 2. The SMILES string of the molecule is CCOC(=O)C1C(C(C)C)=NC2=C(C(=O)COC2)C1c1ccc(F)c(Br)c1. The highest BCUT2D eigenvalue weighted by Crippen LogP contribution is 2.43. The molecule has 0 radical (unpaired) electrons. The summed E-state index contributed by atoms with van der Waals surface area (Å²) in [5.74, 6) is -2.39. The maximum atomic E-state index is 13.8. The van der Waals surface area contributed by atoms with Crippen molar-refractivity contribution in [2.75, 3.05) is 19.8 Å². The van der Waals surface area contributed by atoms with Crippen molar-refractivity contribution in [2.45, 2.75) is 26.7 Å². The summed E-state index contributed by atoms with van der Waals surface area (Å²) in [5.41, 5.74) is 2.32. The molecule has 3 rings (SSSR count). The topological polar surface area (TPSA) is 65.0 Å². The van der Waals surface area contributed by atoms with Crippen LogP contribution in [0, 0.1) is 17.7 Å². The van der Waals surface area contributed by atoms with E-state index < -0.39 is 23.6 Å². The number of carbonyl (C=O) groups is 2. The van der Waals surface area contributed by atoms with Crippen LogP contribution in [0.15, 0.2) is 38.9 Å². The molecule has 0 bridgehead atoms. The zero-order valence-electron chi connectivity index (χ0n) is 15.4. The Labute approximate surface area is 165 Å². The van der Waals surface area contributed by atoms with Gasteiger partial charge in [-0.05, 0) is 46.5 Å². The van der Waals surface area contributed by atoms with E-state index in [0.717, 1.165) is 0 Å². The van der Waals surface area contributed by atoms with Gasteiger partial charge in [0.05, 0.1) is 23.4 Å². The first kappa shape index (κ1) is 19.9. The molecule has 27 heavy (non-hydrogen) atoms. The van der Waals surface area contributed by atoms with Gasteiger partial charge in [-0.25, -0.2) is 4.39 Å². The van der Waals surface area contributed by atoms with Gasteiger partial charge in [0.1, 0.15) is 18.3 Å². The summed E-state index contributed by atoms with van der Waals surface area (Å²) < 4.78 is 24.7. The fourth-order valence-corrected chi connectivity index (χ4v) is 4.00. The van der Waals surface area contributed by atoms with Crippen molar-refractivity contribution in [1.29, 1.82) is 0 Å². The lowest BCUT2D eigenvalue weighted by Crippen LogP contribution is -2.41. The van der Waals surface area contributed by atoms with Gasteiger partial charge in [0, 0.05) is 17.2 Å². The van der Waals surface area contributed by atoms with Gasteiger partial charge < -0.3 is 9.47 Å². The highest BCUT2D eigenvalue weighted by Gasteiger charge is 2.45. The molecule has 2 aliphatic rings. The molecule has 0 saturated carbocycles. The van der Waals surface area contributed by atoms with Crippen LogP contribution in [0.1, 0.15) is 32.3 Å². The predicted molar refractivity (Wildman–Crippen MR) is 102 cm³/mol. The fourth-order valence-electron chi connectivity index (χ4n) is 3.61. The predicted octanol–water partition coefficient (Wildman–Crippen LogP) is 3.82. The molecule has 0 saturated heterocycles. The van der Waals surface area contributed by atoms with Crippen molar-refractivity contribution in [3.63, 3.8) is 0 Å². The molecular formula is C20H21BrFNO4. The Kier molecular flexibility index (Phi) is 5.91. The van der Waals surface area contributed by atoms with E-state index in [9.17, 15) is 14.0 Å². The number of halogens is 2. The van der Waals surface area contributed by atoms with Gasteiger partial charge in [0.2, 0.25) is 0 Å². The van der Waals surface area contributed by atoms with Gasteiger partial charge in [0.25, 0.3) is 0 Å². The number of ketones is 1. The Morgan fingerprint density at radius 2 is 2.15 bits per heavy atom. The highest BCUT2D eigenvalue weighted by atomic mass is 79.9. The molecule has 2 atom stereocenters. The van der Waals surface area contributed by atoms with E-state index >= 15 is 0 Å². The molecule has 0 aromatic heterocycles. The second-order valence-electron chi connectivity index (χ2n) is 6.85. The molecule has 1 aromatic rings. The molecule has 2 unspecified atom stereocenters. The first-order valence-electron chi connectivity index (χ1n) is 8.89. The Balaban J connectivity index is 2.22. The zero-order chi connectivity index (χ0) is 19.7. The van der Waals surface area contributed by atoms with Gasteiger partial charge in [-0.3, -0.25) is 14.6 Å². The molecule has 0 N–H and O–H groups in total. The first-order chi connectivity index (χ1) is 12.8. The van der Waals surface area contributed by atoms with E-state index in [1.807, 2.05) is 13.8 Å². The number of Topliss-reactive ketones (excluding diaryl/α,β-unsaturated/α-hetero) is 1. The van der Waals surface area contributed by atoms with Crippen LogP contribution in [0.5, 0.6) is 0 Å². The average Bonchev–Trinajstić information content (AvgIpc) is 2.63. The lowest BCUT2D eigenvalue weighted by atomic mass is 9.71. The lowest BCUT2D eigenvalue weighted by Gasteiger charge is -2.36. The van der Waals surface area contributed by atoms with Crippen molar-refractivity contribution in [1.82, 2.24) is 0 Å². The van der Waals surface area contributed by atoms with Gasteiger partial charge in [0.15, 0.2) is 5.78 Å². The van der Waals surface area contributed by atoms with Gasteiger partial charge in [-0.1, -0.05) is 19.9 Å². The molecular weight excluding hydrogens is 417 g/mol. The quantitative estimate of drug-likeness (QED) is 0.671. The standard InChI is InChI=1S/C20H21BrFNO4/c1-4-27-20(25)18-16(11-5-6-13(22)12(21)7-11)17-14(8-26-9-15(17)24)23-19(18)10(2)3/h5-7,10,16,18H,4,8-9H2,1-3H3. The van der Waals surface area contributed by atoms with Crippen LogP contribution in [-0.2, 0) is 19.1 Å². The van der Waals surface area contributed by atoms with Crippen LogP contribution < -0.4 is 0 Å². The van der Waals surface area contributed by atoms with E-state index in [1.54, 1.807) is 19.1 Å². The summed E-state index contributed by atoms with van der Waals surface area (Å²) in [6.07, 6.45) is 0. The van der Waals surface area contributed by atoms with Gasteiger partial charge in [-0.2, -0.15) is 0 Å². The Hall–Kier alpha value is -1.86. The van der Waals surface area contributed by atoms with Gasteiger partial charge in [-0.15, -0.1) is 0 Å². The maximum absolute atomic E-state index is 13.8. The van der Waals surface area contributed by atoms with Crippen LogP contribution in [0.2, 0.25) is 0 Å². The molecule has 7 heteroatoms. The van der Waals surface area contributed by atoms with Crippen molar-refractivity contribution < 1.29 is 23.5 Å². The van der Waals surface area contributed by atoms with Gasteiger partial charge >= 0.3 is 5.97 Å². The van der Waals surface area contributed by atoms with E-state index in [2.05, 4.69) is 20.9 Å². The minimum absolute atomic E-state index is 0.0307. The second-order valence-corrected chi connectivity index (χ2v) is 7.70. The third kappa shape index (κ3) is 3.75. The third-order valence-corrected chi connectivity index (χ3v) is 5.35. The van der Waals surface area contributed by atoms with Crippen molar-refractivity contribution in [2.24, 2.45) is 16.8 Å². The van der Waals surface area contributed by atoms with Crippen LogP contribution in [-0.4, -0.2) is 37.3 Å². The molecule has 5 nitrogen and oxygen atoms in total. The van der Waals surface area contributed by atoms with E-state index in [-0.39, 0.29) is 36.0 Å². The zero-order valence-corrected chi connectivity index (χ0v) is 17.0. The Morgan fingerprint density at radius 1 is 1.41 bits per heavy atom. The number of hydrogen-bond acceptors (Lipinski definition) is 5. The van der Waals surface area contributed by atoms with Crippen molar-refractivity contribution >= 4 is 33.4 Å². The molecule has 0 spiro atoms. The average molecular weight is 438 g/mol. The summed E-state index contributed by atoms with van der Waals surface area (Å²) in [5, 5.41) is 0. The monoisotopic (exact) mass is 437 g/mol. The van der Waals surface area contributed by atoms with Crippen LogP contribution in [0.3, 0.4) is 0 Å². The fraction of sp³-hybridized carbons (Fsp3) is 0.450. The Morgan fingerprint density at radius 3 is 2.78 bits per heavy atom. The number of aliphatic imine (C=N–C) groups is 1. The number of rotatable bonds is 4. The summed E-state index contributed by atoms with van der Waals surface area (Å²) in [7, 11) is 0. The second kappa shape index (κ2) is 8.02. The van der Waals surface area contributed by atoms with Crippen molar-refractivity contribution in [3.8, 4) is 0 Å². The van der Waals surface area contributed by atoms with Crippen molar-refractivity contribution in [3.05, 3.63) is 45.3 Å². The maximum Gasteiger partial charge on any atom is 0.315 e. The Bertz CT molecular complexity index is 846. The lowest BCUT2D eigenvalue weighted by molar-refractivity contribution is -0.146. The van der Waals surface area contributed by atoms with Crippen LogP contribution in [0.25, 0.3) is 0 Å². The van der Waals surface area contributed by atoms with Crippen LogP contribution in [0.4, 0.5) is 4.39 Å². The molecule has 1 aromatic carbocycles. The molecule has 0 aliphatic carbocycles. The first-order valence-corrected chi connectivity index (χ1v) is 9.68. The minimum atomic E-state index is -0.733. The number of benzene rings is 1. The molecule has 2 aliphatic heterocycles. The number of hydrogen-bond donors (Lipinski definition) is 0. The summed E-state index contributed by atoms with van der Waals surface area (Å²) in [4.78, 5) is 30.2. The number of carbonyl (C=O) groups excluding carboxylic acids is 2. The highest BCUT2D eigenvalue weighted by molar-refractivity contribution is 9.10. The summed E-state index contributed by atoms with van der Waals surface area (Å²) in [6.45, 7) is 6.01. The number of esters is 1. The minimum Gasteiger partial charge on any atom is -0.465 e. The molecule has 144 valence electrons. The normalized spacial score (nSPS) is 22.6. The van der Waals surface area contributed by atoms with E-state index in [0.29, 0.717) is 22.5 Å². The summed E-state index contributed by atoms with van der Waals surface area (Å²) >= 11 is 3.20. The smallest absolute Gasteiger partial charge is 0.315 e. The molecule has 0 fully saturated rings. The summed E-state index contributed by atoms with van der Waals surface area (Å²) in [6, 6.07) is 4.54. The van der Waals surface area contributed by atoms with E-state index in [1.165, 1.54) is 6.07 Å². The molecule has 0 amide bonds. The largest absolute Gasteiger partial charge is 0.465 e. The van der Waals surface area contributed by atoms with E-state index in [4.69, 9.17) is 9.47 Å². The number of nitrogens with zero attached hydrogens (tertiary/aromatic N) is 1. The third-order valence-electron chi connectivity index (χ3n) is 4.75. The molecule has 2 heterocycles. The van der Waals surface area contributed by atoms with Crippen LogP contribution >= 0.6 is 15.9 Å².